The van der Waals surface area contributed by atoms with Gasteiger partial charge in [-0.3, -0.25) is 9.59 Å². The van der Waals surface area contributed by atoms with E-state index in [0.717, 1.165) is 115 Å². The molecule has 0 bridgehead atoms. The molecule has 0 radical (unpaired) electrons. The number of hydrogen-bond donors (Lipinski definition) is 8. The molecule has 3 saturated carbocycles. The van der Waals surface area contributed by atoms with Crippen LogP contribution in [0.25, 0.3) is 0 Å². The molecule has 3 aliphatic carbocycles. The lowest BCUT2D eigenvalue weighted by atomic mass is 9.80. The summed E-state index contributed by atoms with van der Waals surface area (Å²) < 4.78 is 0. The van der Waals surface area contributed by atoms with E-state index in [0.29, 0.717) is 82.6 Å². The molecule has 2 aromatic carbocycles. The molecule has 0 amide bonds. The fourth-order valence-corrected chi connectivity index (χ4v) is 8.03. The topological polar surface area (TPSA) is 285 Å². The largest absolute Gasteiger partial charge is 0.478 e. The Bertz CT molecular complexity index is 1620. The lowest BCUT2D eigenvalue weighted by Gasteiger charge is -2.25. The number of ketones is 4. The molecule has 1 saturated heterocycles. The second kappa shape index (κ2) is 34.1. The molecule has 4 fully saturated rings. The average Bonchev–Trinajstić information content (AvgIpc) is 3.26. The molecule has 0 spiro atoms. The van der Waals surface area contributed by atoms with Gasteiger partial charge in [0.2, 0.25) is 0 Å². The molecule has 0 atom stereocenters. The van der Waals surface area contributed by atoms with Gasteiger partial charge < -0.3 is 53.8 Å². The van der Waals surface area contributed by atoms with Gasteiger partial charge in [0.05, 0.1) is 11.1 Å². The first kappa shape index (κ1) is 59.7. The van der Waals surface area contributed by atoms with Gasteiger partial charge in [0.15, 0.2) is 0 Å². The second-order valence-electron chi connectivity index (χ2n) is 17.7. The number of piperidine rings is 1. The van der Waals surface area contributed by atoms with Gasteiger partial charge in [-0.1, -0.05) is 19.6 Å². The summed E-state index contributed by atoms with van der Waals surface area (Å²) >= 11 is 0. The van der Waals surface area contributed by atoms with Crippen LogP contribution in [0.3, 0.4) is 0 Å². The first-order valence-electron chi connectivity index (χ1n) is 22.9. The molecule has 0 unspecified atom stereocenters. The van der Waals surface area contributed by atoms with Crippen LogP contribution in [0.5, 0.6) is 0 Å². The van der Waals surface area contributed by atoms with Crippen LogP contribution in [-0.2, 0) is 25.7 Å². The number of aromatic carboxylic acids is 2. The van der Waals surface area contributed by atoms with Crippen LogP contribution < -0.4 is 34.0 Å². The van der Waals surface area contributed by atoms with E-state index in [2.05, 4.69) is 5.32 Å². The minimum atomic E-state index is -0.931. The zero-order valence-corrected chi connectivity index (χ0v) is 38.5. The predicted molar refractivity (Wildman–Crippen MR) is 258 cm³/mol. The standard InChI is InChI=1S/2C9H17NO.C8H9NO2.2C8H15NO.C7H7NO2.CH4/c1-7(11)9-4-2-8(6-10)3-5-9;1-7(11)6-8-2-4-9(10)5-3-8;9-5-6-1-3-7(4-2-6)8(10)11;1-7(10)6-8-2-4-9-5-3-8;1-6(10)7-2-4-8(9)5-3-7;8-6-3-1-5(2-4-6)7(9)10;/h2*8-9H,2-6,10H2,1H3;1-4H,5,9H2,(H,10,11);8-9H,2-6H2,1H3;7-8H,2-5,9H2,1H3;1-4H,8H2,(H,9,10);1H4. The first-order chi connectivity index (χ1) is 29.8. The fraction of sp³-hybridized carbons (Fsp3) is 0.640. The fourth-order valence-electron chi connectivity index (χ4n) is 8.03. The summed E-state index contributed by atoms with van der Waals surface area (Å²) in [7, 11) is 0. The zero-order chi connectivity index (χ0) is 47.3. The van der Waals surface area contributed by atoms with Crippen LogP contribution in [0.2, 0.25) is 0 Å². The highest BCUT2D eigenvalue weighted by molar-refractivity contribution is 5.88. The first-order valence-corrected chi connectivity index (χ1v) is 22.9. The maximum absolute atomic E-state index is 11.0. The highest BCUT2D eigenvalue weighted by Crippen LogP contribution is 2.28. The van der Waals surface area contributed by atoms with Crippen molar-refractivity contribution >= 4 is 40.8 Å². The van der Waals surface area contributed by atoms with E-state index in [1.807, 2.05) is 0 Å². The van der Waals surface area contributed by atoms with Crippen LogP contribution in [0.15, 0.2) is 48.5 Å². The molecule has 1 heterocycles. The maximum Gasteiger partial charge on any atom is 0.335 e. The quantitative estimate of drug-likeness (QED) is 0.108. The van der Waals surface area contributed by atoms with Crippen LogP contribution in [0, 0.1) is 29.6 Å². The van der Waals surface area contributed by atoms with Crippen molar-refractivity contribution in [2.24, 2.45) is 52.5 Å². The monoisotopic (exact) mass is 897 g/mol. The third kappa shape index (κ3) is 27.8. The normalized spacial score (nSPS) is 22.6. The van der Waals surface area contributed by atoms with E-state index in [4.69, 9.17) is 38.9 Å². The Morgan fingerprint density at radius 2 is 0.875 bits per heavy atom. The summed E-state index contributed by atoms with van der Waals surface area (Å²) in [5.41, 5.74) is 29.7. The van der Waals surface area contributed by atoms with Gasteiger partial charge in [0.25, 0.3) is 0 Å². The highest BCUT2D eigenvalue weighted by Gasteiger charge is 2.23. The van der Waals surface area contributed by atoms with E-state index in [1.165, 1.54) is 25.0 Å². The Labute approximate surface area is 383 Å². The number of rotatable bonds is 10. The number of benzene rings is 2. The van der Waals surface area contributed by atoms with Gasteiger partial charge in [0.1, 0.15) is 23.1 Å². The van der Waals surface area contributed by atoms with E-state index >= 15 is 0 Å². The molecule has 14 nitrogen and oxygen atoms in total. The summed E-state index contributed by atoms with van der Waals surface area (Å²) in [6.45, 7) is 10.2. The van der Waals surface area contributed by atoms with Gasteiger partial charge in [-0.05, 0) is 197 Å². The predicted octanol–water partition coefficient (Wildman–Crippen LogP) is 7.33. The Morgan fingerprint density at radius 1 is 0.531 bits per heavy atom. The summed E-state index contributed by atoms with van der Waals surface area (Å²) in [4.78, 5) is 63.9. The molecule has 362 valence electrons. The third-order valence-corrected chi connectivity index (χ3v) is 12.2. The number of carbonyl (C=O) groups excluding carboxylic acids is 4. The lowest BCUT2D eigenvalue weighted by Crippen LogP contribution is -2.28. The Morgan fingerprint density at radius 3 is 1.22 bits per heavy atom. The van der Waals surface area contributed by atoms with Crippen molar-refractivity contribution in [2.45, 2.75) is 156 Å². The smallest absolute Gasteiger partial charge is 0.335 e. The van der Waals surface area contributed by atoms with Crippen LogP contribution >= 0.6 is 0 Å². The summed E-state index contributed by atoms with van der Waals surface area (Å²) in [6.07, 6.45) is 17.0. The summed E-state index contributed by atoms with van der Waals surface area (Å²) in [6, 6.07) is 13.3. The van der Waals surface area contributed by atoms with Gasteiger partial charge in [-0.15, -0.1) is 0 Å². The average molecular weight is 897 g/mol. The summed E-state index contributed by atoms with van der Waals surface area (Å²) in [5, 5.41) is 20.2. The molecule has 14 heteroatoms. The van der Waals surface area contributed by atoms with Crippen molar-refractivity contribution < 1.29 is 39.0 Å². The molecular formula is C50H84N6O8. The maximum atomic E-state index is 11.0. The van der Waals surface area contributed by atoms with Crippen molar-refractivity contribution in [3.8, 4) is 0 Å². The Kier molecular flexibility index (Phi) is 31.8. The van der Waals surface area contributed by atoms with Gasteiger partial charge in [-0.25, -0.2) is 9.59 Å². The molecule has 2 aromatic rings. The van der Waals surface area contributed by atoms with Crippen LogP contribution in [0.1, 0.15) is 164 Å². The number of hydrogen-bond acceptors (Lipinski definition) is 12. The van der Waals surface area contributed by atoms with Crippen molar-refractivity contribution in [1.82, 2.24) is 5.32 Å². The molecule has 13 N–H and O–H groups in total. The van der Waals surface area contributed by atoms with Crippen LogP contribution in [0.4, 0.5) is 5.69 Å². The number of nitrogens with two attached hydrogens (primary N) is 5. The number of Topliss-reactive ketones (excluding diaryl/α,β-unsaturated/α-hetero) is 4. The van der Waals surface area contributed by atoms with Crippen molar-refractivity contribution in [3.05, 3.63) is 65.2 Å². The zero-order valence-electron chi connectivity index (χ0n) is 38.5. The van der Waals surface area contributed by atoms with Crippen molar-refractivity contribution in [3.63, 3.8) is 0 Å². The van der Waals surface area contributed by atoms with Crippen molar-refractivity contribution in [1.29, 1.82) is 0 Å². The minimum Gasteiger partial charge on any atom is -0.478 e. The van der Waals surface area contributed by atoms with E-state index in [-0.39, 0.29) is 13.0 Å². The number of carboxylic acids is 2. The number of anilines is 1. The van der Waals surface area contributed by atoms with Crippen LogP contribution in [-0.4, -0.2) is 77.0 Å². The van der Waals surface area contributed by atoms with E-state index in [1.54, 1.807) is 64.1 Å². The molecule has 64 heavy (non-hydrogen) atoms. The van der Waals surface area contributed by atoms with Crippen molar-refractivity contribution in [2.75, 3.05) is 25.4 Å². The molecule has 0 aromatic heterocycles. The van der Waals surface area contributed by atoms with Gasteiger partial charge >= 0.3 is 11.9 Å². The summed E-state index contributed by atoms with van der Waals surface area (Å²) in [5.74, 6) is 2.17. The Balaban J connectivity index is 0.000000742. The minimum absolute atomic E-state index is 0. The second-order valence-corrected chi connectivity index (χ2v) is 17.7. The molecular weight excluding hydrogens is 813 g/mol. The Hall–Kier alpha value is -4.34. The molecule has 4 aliphatic rings. The number of nitrogens with one attached hydrogen (secondary N) is 1. The van der Waals surface area contributed by atoms with Gasteiger partial charge in [-0.2, -0.15) is 0 Å². The van der Waals surface area contributed by atoms with E-state index < -0.39 is 11.9 Å². The van der Waals surface area contributed by atoms with Gasteiger partial charge in [0, 0.05) is 49.0 Å². The third-order valence-electron chi connectivity index (χ3n) is 12.2. The lowest BCUT2D eigenvalue weighted by molar-refractivity contribution is -0.122. The molecule has 1 aliphatic heterocycles. The number of carboxylic acid groups (broad SMARTS) is 2. The molecule has 6 rings (SSSR count). The SMILES string of the molecule is C.CC(=O)C1CCC(CN)CC1.CC(=O)C1CCC(N)CC1.CC(=O)CC1CCC(N)CC1.CC(=O)CC1CCNCC1.NCc1ccc(C(=O)O)cc1.Nc1ccc(C(=O)O)cc1. The van der Waals surface area contributed by atoms with E-state index in [9.17, 15) is 28.8 Å². The highest BCUT2D eigenvalue weighted by atomic mass is 16.4. The number of nitrogen functional groups attached to an aromatic ring is 1. The number of carbonyl (C=O) groups is 6.